The summed E-state index contributed by atoms with van der Waals surface area (Å²) < 4.78 is 17.8. The molecule has 0 aliphatic heterocycles. The van der Waals surface area contributed by atoms with Gasteiger partial charge in [-0.05, 0) is 47.0 Å². The van der Waals surface area contributed by atoms with Gasteiger partial charge in [0.15, 0.2) is 0 Å². The average Bonchev–Trinajstić information content (AvgIpc) is 2.94. The van der Waals surface area contributed by atoms with Gasteiger partial charge in [0, 0.05) is 6.42 Å². The highest BCUT2D eigenvalue weighted by Gasteiger charge is 2.27. The first-order valence-corrected chi connectivity index (χ1v) is 12.1. The lowest BCUT2D eigenvalue weighted by Crippen LogP contribution is -2.36. The molecule has 5 nitrogen and oxygen atoms in total. The Labute approximate surface area is 211 Å². The molecular formula is C31H30O5. The highest BCUT2D eigenvalue weighted by atomic mass is 16.6. The number of fused-ring (bicyclic) bond motifs is 1. The van der Waals surface area contributed by atoms with Crippen molar-refractivity contribution >= 4 is 23.0 Å². The first-order chi connectivity index (χ1) is 17.6. The molecule has 0 N–H and O–H groups in total. The number of hydrogen-bond acceptors (Lipinski definition) is 5. The van der Waals surface area contributed by atoms with E-state index >= 15 is 0 Å². The summed E-state index contributed by atoms with van der Waals surface area (Å²) in [5.74, 6) is -0.463. The Kier molecular flexibility index (Phi) is 8.98. The SMILES string of the molecule is C[C@H](OCc1ccc2ccccc2c1)[C@H](C[C@H](C=O)OCc1ccccc1)OC(=O)c1ccccc1. The first-order valence-electron chi connectivity index (χ1n) is 12.1. The molecule has 3 atom stereocenters. The molecule has 36 heavy (non-hydrogen) atoms. The third-order valence-corrected chi connectivity index (χ3v) is 6.04. The standard InChI is InChI=1S/C31H30O5/c1-23(34-22-25-16-17-26-12-8-9-15-28(26)18-25)30(36-31(33)27-13-6-3-7-14-27)19-29(20-32)35-21-24-10-4-2-5-11-24/h2-18,20,23,29-30H,19,21-22H2,1H3/t23-,29+,30-/m0/s1. The number of rotatable bonds is 12. The topological polar surface area (TPSA) is 61.8 Å². The van der Waals surface area contributed by atoms with Crippen LogP contribution in [0.5, 0.6) is 0 Å². The lowest BCUT2D eigenvalue weighted by atomic mass is 10.1. The summed E-state index contributed by atoms with van der Waals surface area (Å²) in [7, 11) is 0. The smallest absolute Gasteiger partial charge is 0.338 e. The summed E-state index contributed by atoms with van der Waals surface area (Å²) in [6.45, 7) is 2.49. The summed E-state index contributed by atoms with van der Waals surface area (Å²) in [4.78, 5) is 24.7. The van der Waals surface area contributed by atoms with Gasteiger partial charge in [0.25, 0.3) is 0 Å². The molecule has 0 saturated carbocycles. The second-order valence-electron chi connectivity index (χ2n) is 8.71. The molecule has 0 bridgehead atoms. The van der Waals surface area contributed by atoms with Gasteiger partial charge in [-0.3, -0.25) is 0 Å². The lowest BCUT2D eigenvalue weighted by Gasteiger charge is -2.27. The lowest BCUT2D eigenvalue weighted by molar-refractivity contribution is -0.124. The fraction of sp³-hybridized carbons (Fsp3) is 0.226. The van der Waals surface area contributed by atoms with Crippen molar-refractivity contribution in [2.45, 2.75) is 44.9 Å². The van der Waals surface area contributed by atoms with Gasteiger partial charge < -0.3 is 19.0 Å². The van der Waals surface area contributed by atoms with E-state index in [0.717, 1.165) is 28.2 Å². The van der Waals surface area contributed by atoms with Gasteiger partial charge in [-0.2, -0.15) is 0 Å². The van der Waals surface area contributed by atoms with E-state index in [9.17, 15) is 9.59 Å². The van der Waals surface area contributed by atoms with Crippen LogP contribution in [0.1, 0.15) is 34.8 Å². The molecule has 0 radical (unpaired) electrons. The van der Waals surface area contributed by atoms with E-state index in [1.807, 2.05) is 61.5 Å². The van der Waals surface area contributed by atoms with E-state index in [1.165, 1.54) is 0 Å². The normalized spacial score (nSPS) is 13.6. The van der Waals surface area contributed by atoms with Crippen molar-refractivity contribution in [3.8, 4) is 0 Å². The zero-order valence-electron chi connectivity index (χ0n) is 20.3. The van der Waals surface area contributed by atoms with Crippen LogP contribution in [0.25, 0.3) is 10.8 Å². The van der Waals surface area contributed by atoms with Gasteiger partial charge in [-0.1, -0.05) is 84.9 Å². The van der Waals surface area contributed by atoms with Crippen LogP contribution in [0.4, 0.5) is 0 Å². The minimum absolute atomic E-state index is 0.188. The molecule has 0 amide bonds. The van der Waals surface area contributed by atoms with E-state index < -0.39 is 24.3 Å². The van der Waals surface area contributed by atoms with Crippen molar-refractivity contribution in [3.05, 3.63) is 120 Å². The summed E-state index contributed by atoms with van der Waals surface area (Å²) in [6.07, 6.45) is -0.947. The van der Waals surface area contributed by atoms with Gasteiger partial charge in [0.2, 0.25) is 0 Å². The molecule has 0 heterocycles. The van der Waals surface area contributed by atoms with Crippen molar-refractivity contribution in [3.63, 3.8) is 0 Å². The molecular weight excluding hydrogens is 452 g/mol. The maximum atomic E-state index is 12.8. The number of carbonyl (C=O) groups is 2. The Morgan fingerprint density at radius 1 is 0.750 bits per heavy atom. The molecule has 5 heteroatoms. The third-order valence-electron chi connectivity index (χ3n) is 6.04. The summed E-state index contributed by atoms with van der Waals surface area (Å²) in [5.41, 5.74) is 2.42. The monoisotopic (exact) mass is 482 g/mol. The second-order valence-corrected chi connectivity index (χ2v) is 8.71. The highest BCUT2D eigenvalue weighted by Crippen LogP contribution is 2.20. The molecule has 0 fully saturated rings. The Balaban J connectivity index is 1.44. The molecule has 0 saturated heterocycles. The third kappa shape index (κ3) is 7.11. The van der Waals surface area contributed by atoms with Crippen LogP contribution in [0.2, 0.25) is 0 Å². The van der Waals surface area contributed by atoms with E-state index in [-0.39, 0.29) is 13.0 Å². The van der Waals surface area contributed by atoms with Gasteiger partial charge in [0.05, 0.1) is 24.9 Å². The minimum atomic E-state index is -0.745. The minimum Gasteiger partial charge on any atom is -0.456 e. The Hall–Kier alpha value is -3.80. The van der Waals surface area contributed by atoms with Crippen LogP contribution in [-0.4, -0.2) is 30.6 Å². The largest absolute Gasteiger partial charge is 0.456 e. The molecule has 184 valence electrons. The number of hydrogen-bond donors (Lipinski definition) is 0. The van der Waals surface area contributed by atoms with E-state index in [0.29, 0.717) is 12.2 Å². The van der Waals surface area contributed by atoms with Crippen LogP contribution in [-0.2, 0) is 32.2 Å². The van der Waals surface area contributed by atoms with E-state index in [2.05, 4.69) is 24.3 Å². The van der Waals surface area contributed by atoms with Crippen molar-refractivity contribution < 1.29 is 23.8 Å². The van der Waals surface area contributed by atoms with Crippen LogP contribution in [0, 0.1) is 0 Å². The van der Waals surface area contributed by atoms with Crippen LogP contribution >= 0.6 is 0 Å². The summed E-state index contributed by atoms with van der Waals surface area (Å²) in [5, 5.41) is 2.29. The van der Waals surface area contributed by atoms with E-state index in [4.69, 9.17) is 14.2 Å². The number of aldehydes is 1. The number of benzene rings is 4. The number of carbonyl (C=O) groups excluding carboxylic acids is 2. The molecule has 4 aromatic carbocycles. The van der Waals surface area contributed by atoms with Crippen molar-refractivity contribution in [2.75, 3.05) is 0 Å². The molecule has 0 spiro atoms. The zero-order chi connectivity index (χ0) is 25.2. The first kappa shape index (κ1) is 25.3. The fourth-order valence-electron chi connectivity index (χ4n) is 3.95. The highest BCUT2D eigenvalue weighted by molar-refractivity contribution is 5.89. The summed E-state index contributed by atoms with van der Waals surface area (Å²) in [6, 6.07) is 32.7. The molecule has 0 aliphatic rings. The maximum Gasteiger partial charge on any atom is 0.338 e. The Morgan fingerprint density at radius 2 is 1.39 bits per heavy atom. The van der Waals surface area contributed by atoms with Crippen LogP contribution in [0.15, 0.2) is 103 Å². The quantitative estimate of drug-likeness (QED) is 0.179. The Morgan fingerprint density at radius 3 is 2.11 bits per heavy atom. The van der Waals surface area contributed by atoms with E-state index in [1.54, 1.807) is 24.3 Å². The molecule has 4 rings (SSSR count). The van der Waals surface area contributed by atoms with Crippen molar-refractivity contribution in [2.24, 2.45) is 0 Å². The molecule has 0 unspecified atom stereocenters. The predicted molar refractivity (Wildman–Crippen MR) is 140 cm³/mol. The second kappa shape index (κ2) is 12.8. The predicted octanol–water partition coefficient (Wildman–Crippen LogP) is 6.14. The fourth-order valence-corrected chi connectivity index (χ4v) is 3.95. The van der Waals surface area contributed by atoms with Crippen molar-refractivity contribution in [1.29, 1.82) is 0 Å². The summed E-state index contributed by atoms with van der Waals surface area (Å²) >= 11 is 0. The number of esters is 1. The average molecular weight is 483 g/mol. The van der Waals surface area contributed by atoms with Crippen molar-refractivity contribution in [1.82, 2.24) is 0 Å². The number of ether oxygens (including phenoxy) is 3. The van der Waals surface area contributed by atoms with Gasteiger partial charge in [-0.25, -0.2) is 4.79 Å². The van der Waals surface area contributed by atoms with Gasteiger partial charge >= 0.3 is 5.97 Å². The molecule has 4 aromatic rings. The van der Waals surface area contributed by atoms with Gasteiger partial charge in [0.1, 0.15) is 18.5 Å². The van der Waals surface area contributed by atoms with Gasteiger partial charge in [-0.15, -0.1) is 0 Å². The molecule has 0 aliphatic carbocycles. The van der Waals surface area contributed by atoms with Crippen LogP contribution in [0.3, 0.4) is 0 Å². The Bertz CT molecular complexity index is 1260. The van der Waals surface area contributed by atoms with Crippen LogP contribution < -0.4 is 0 Å². The maximum absolute atomic E-state index is 12.8. The molecule has 0 aromatic heterocycles. The zero-order valence-corrected chi connectivity index (χ0v) is 20.3.